The first-order valence-corrected chi connectivity index (χ1v) is 8.48. The molecule has 0 fully saturated rings. The number of rotatable bonds is 2. The summed E-state index contributed by atoms with van der Waals surface area (Å²) in [5.41, 5.74) is 2.39. The molecule has 3 aromatic rings. The summed E-state index contributed by atoms with van der Waals surface area (Å²) in [4.78, 5) is 24.5. The normalized spacial score (nSPS) is 18.3. The van der Waals surface area contributed by atoms with Crippen LogP contribution in [0.2, 0.25) is 0 Å². The maximum absolute atomic E-state index is 12.3. The minimum Gasteiger partial charge on any atom is -0.390 e. The lowest BCUT2D eigenvalue weighted by molar-refractivity contribution is -0.137. The van der Waals surface area contributed by atoms with Crippen molar-refractivity contribution in [2.45, 2.75) is 18.6 Å². The zero-order valence-electron chi connectivity index (χ0n) is 14.0. The van der Waals surface area contributed by atoms with E-state index in [1.807, 2.05) is 60.7 Å². The van der Waals surface area contributed by atoms with Gasteiger partial charge in [-0.3, -0.25) is 9.59 Å². The molecular weight excluding hydrogens is 328 g/mol. The molecule has 0 saturated carbocycles. The Morgan fingerprint density at radius 2 is 1.62 bits per heavy atom. The highest BCUT2D eigenvalue weighted by Crippen LogP contribution is 2.31. The van der Waals surface area contributed by atoms with Gasteiger partial charge in [0.05, 0.1) is 12.1 Å². The van der Waals surface area contributed by atoms with Crippen LogP contribution < -0.4 is 10.6 Å². The van der Waals surface area contributed by atoms with Gasteiger partial charge >= 0.3 is 11.8 Å². The molecule has 3 aromatic carbocycles. The average molecular weight is 346 g/mol. The Kier molecular flexibility index (Phi) is 4.14. The lowest BCUT2D eigenvalue weighted by Crippen LogP contribution is -2.40. The van der Waals surface area contributed by atoms with Gasteiger partial charge in [0.25, 0.3) is 0 Å². The number of anilines is 1. The van der Waals surface area contributed by atoms with Crippen LogP contribution in [0.3, 0.4) is 0 Å². The number of hydrogen-bond donors (Lipinski definition) is 3. The largest absolute Gasteiger partial charge is 0.390 e. The van der Waals surface area contributed by atoms with E-state index < -0.39 is 24.0 Å². The molecule has 3 N–H and O–H groups in total. The molecule has 1 aliphatic carbocycles. The van der Waals surface area contributed by atoms with E-state index in [0.29, 0.717) is 12.1 Å². The highest BCUT2D eigenvalue weighted by molar-refractivity contribution is 6.39. The Balaban J connectivity index is 1.47. The maximum atomic E-state index is 12.3. The van der Waals surface area contributed by atoms with E-state index >= 15 is 0 Å². The van der Waals surface area contributed by atoms with Crippen molar-refractivity contribution in [2.75, 3.05) is 5.32 Å². The van der Waals surface area contributed by atoms with Gasteiger partial charge in [0.15, 0.2) is 0 Å². The summed E-state index contributed by atoms with van der Waals surface area (Å²) in [7, 11) is 0. The van der Waals surface area contributed by atoms with E-state index in [-0.39, 0.29) is 0 Å². The third kappa shape index (κ3) is 3.05. The number of carbonyl (C=O) groups is 2. The van der Waals surface area contributed by atoms with Crippen molar-refractivity contribution in [2.24, 2.45) is 0 Å². The molecule has 130 valence electrons. The molecule has 0 radical (unpaired) electrons. The number of fused-ring (bicyclic) bond motifs is 2. The van der Waals surface area contributed by atoms with Gasteiger partial charge in [0.2, 0.25) is 0 Å². The molecule has 5 heteroatoms. The van der Waals surface area contributed by atoms with Crippen molar-refractivity contribution < 1.29 is 14.7 Å². The van der Waals surface area contributed by atoms with Crippen molar-refractivity contribution in [1.29, 1.82) is 0 Å². The van der Waals surface area contributed by atoms with Gasteiger partial charge in [-0.1, -0.05) is 54.6 Å². The Morgan fingerprint density at radius 1 is 0.885 bits per heavy atom. The van der Waals surface area contributed by atoms with Gasteiger partial charge in [-0.2, -0.15) is 0 Å². The molecule has 0 bridgehead atoms. The molecule has 0 heterocycles. The molecule has 26 heavy (non-hydrogen) atoms. The van der Waals surface area contributed by atoms with Crippen LogP contribution in [0.5, 0.6) is 0 Å². The van der Waals surface area contributed by atoms with Gasteiger partial charge in [-0.15, -0.1) is 0 Å². The van der Waals surface area contributed by atoms with Crippen LogP contribution in [-0.4, -0.2) is 23.0 Å². The number of carbonyl (C=O) groups excluding carboxylic acids is 2. The second kappa shape index (κ2) is 6.61. The first-order chi connectivity index (χ1) is 12.6. The van der Waals surface area contributed by atoms with E-state index in [2.05, 4.69) is 10.6 Å². The molecule has 2 atom stereocenters. The summed E-state index contributed by atoms with van der Waals surface area (Å²) in [6.07, 6.45) is -0.266. The summed E-state index contributed by atoms with van der Waals surface area (Å²) in [6.45, 7) is 0. The van der Waals surface area contributed by atoms with Crippen molar-refractivity contribution >= 4 is 28.3 Å². The number of hydrogen-bond acceptors (Lipinski definition) is 3. The lowest BCUT2D eigenvalue weighted by Gasteiger charge is -2.17. The van der Waals surface area contributed by atoms with E-state index in [9.17, 15) is 14.7 Å². The fourth-order valence-electron chi connectivity index (χ4n) is 3.41. The van der Waals surface area contributed by atoms with E-state index in [0.717, 1.165) is 21.9 Å². The van der Waals surface area contributed by atoms with Gasteiger partial charge in [0.1, 0.15) is 0 Å². The number of aliphatic hydroxyl groups is 1. The molecule has 0 saturated heterocycles. The first-order valence-electron chi connectivity index (χ1n) is 8.48. The lowest BCUT2D eigenvalue weighted by atomic mass is 10.1. The molecule has 1 aliphatic rings. The minimum atomic E-state index is -0.765. The predicted octanol–water partition coefficient (Wildman–Crippen LogP) is 2.55. The Bertz CT molecular complexity index is 999. The van der Waals surface area contributed by atoms with Crippen molar-refractivity contribution in [3.63, 3.8) is 0 Å². The number of amides is 2. The molecule has 2 amide bonds. The summed E-state index contributed by atoms with van der Waals surface area (Å²) in [6, 6.07) is 20.2. The van der Waals surface area contributed by atoms with Crippen LogP contribution in [-0.2, 0) is 16.0 Å². The molecule has 5 nitrogen and oxygen atoms in total. The second-order valence-electron chi connectivity index (χ2n) is 6.44. The van der Waals surface area contributed by atoms with E-state index in [4.69, 9.17) is 0 Å². The highest BCUT2D eigenvalue weighted by atomic mass is 16.3. The third-order valence-corrected chi connectivity index (χ3v) is 4.70. The fraction of sp³-hybridized carbons (Fsp3) is 0.143. The van der Waals surface area contributed by atoms with Crippen LogP contribution in [0, 0.1) is 0 Å². The molecule has 0 spiro atoms. The Hall–Kier alpha value is -3.18. The van der Waals surface area contributed by atoms with Crippen molar-refractivity contribution in [1.82, 2.24) is 5.32 Å². The predicted molar refractivity (Wildman–Crippen MR) is 99.6 cm³/mol. The first kappa shape index (κ1) is 16.3. The summed E-state index contributed by atoms with van der Waals surface area (Å²) in [5.74, 6) is -1.52. The monoisotopic (exact) mass is 346 g/mol. The molecule has 2 unspecified atom stereocenters. The third-order valence-electron chi connectivity index (χ3n) is 4.70. The van der Waals surface area contributed by atoms with Crippen LogP contribution in [0.25, 0.3) is 10.8 Å². The second-order valence-corrected chi connectivity index (χ2v) is 6.44. The quantitative estimate of drug-likeness (QED) is 0.624. The number of benzene rings is 3. The summed E-state index contributed by atoms with van der Waals surface area (Å²) < 4.78 is 0. The zero-order chi connectivity index (χ0) is 18.1. The zero-order valence-corrected chi connectivity index (χ0v) is 14.0. The molecule has 0 aromatic heterocycles. The maximum Gasteiger partial charge on any atom is 0.313 e. The van der Waals surface area contributed by atoms with Crippen LogP contribution in [0.4, 0.5) is 5.69 Å². The average Bonchev–Trinajstić information content (AvgIpc) is 2.97. The van der Waals surface area contributed by atoms with Gasteiger partial charge in [-0.05, 0) is 34.0 Å². The topological polar surface area (TPSA) is 78.4 Å². The minimum absolute atomic E-state index is 0.466. The SMILES string of the molecule is O=C(Nc1ccc2ccccc2c1)C(=O)NC1c2ccccc2CC1O. The van der Waals surface area contributed by atoms with Crippen molar-refractivity contribution in [3.8, 4) is 0 Å². The molecule has 4 rings (SSSR count). The summed E-state index contributed by atoms with van der Waals surface area (Å²) in [5, 5.41) is 17.5. The Labute approximate surface area is 150 Å². The summed E-state index contributed by atoms with van der Waals surface area (Å²) >= 11 is 0. The molecular formula is C21H18N2O3. The van der Waals surface area contributed by atoms with Crippen LogP contribution >= 0.6 is 0 Å². The Morgan fingerprint density at radius 3 is 2.46 bits per heavy atom. The highest BCUT2D eigenvalue weighted by Gasteiger charge is 2.33. The molecule has 0 aliphatic heterocycles. The van der Waals surface area contributed by atoms with E-state index in [1.165, 1.54) is 0 Å². The smallest absolute Gasteiger partial charge is 0.313 e. The van der Waals surface area contributed by atoms with Gasteiger partial charge in [-0.25, -0.2) is 0 Å². The van der Waals surface area contributed by atoms with E-state index in [1.54, 1.807) is 6.07 Å². The fourth-order valence-corrected chi connectivity index (χ4v) is 3.41. The van der Waals surface area contributed by atoms with Crippen molar-refractivity contribution in [3.05, 3.63) is 77.9 Å². The standard InChI is InChI=1S/C21H18N2O3/c24-18-12-15-7-3-4-8-17(15)19(18)23-21(26)20(25)22-16-10-9-13-5-1-2-6-14(13)11-16/h1-11,18-19,24H,12H2,(H,22,25)(H,23,26). The number of aliphatic hydroxyl groups excluding tert-OH is 1. The van der Waals surface area contributed by atoms with Crippen LogP contribution in [0.15, 0.2) is 66.7 Å². The number of nitrogens with one attached hydrogen (secondary N) is 2. The van der Waals surface area contributed by atoms with Gasteiger partial charge in [0, 0.05) is 12.1 Å². The van der Waals surface area contributed by atoms with Crippen LogP contribution in [0.1, 0.15) is 17.2 Å². The van der Waals surface area contributed by atoms with Gasteiger partial charge < -0.3 is 15.7 Å².